The molecule has 0 bridgehead atoms. The summed E-state index contributed by atoms with van der Waals surface area (Å²) in [5.41, 5.74) is 1.26. The van der Waals surface area contributed by atoms with Gasteiger partial charge in [-0.25, -0.2) is 4.39 Å². The second kappa shape index (κ2) is 8.26. The lowest BCUT2D eigenvalue weighted by Crippen LogP contribution is -2.36. The molecule has 142 valence electrons. The van der Waals surface area contributed by atoms with Crippen LogP contribution in [0.4, 0.5) is 4.39 Å². The molecule has 3 atom stereocenters. The van der Waals surface area contributed by atoms with Crippen molar-refractivity contribution in [2.75, 3.05) is 14.2 Å². The first kappa shape index (κ1) is 19.0. The summed E-state index contributed by atoms with van der Waals surface area (Å²) >= 11 is 0. The smallest absolute Gasteiger partial charge is 0.323 e. The third-order valence-electron chi connectivity index (χ3n) is 5.01. The summed E-state index contributed by atoms with van der Waals surface area (Å²) in [6.07, 6.45) is 3.60. The monoisotopic (exact) mass is 371 g/mol. The fraction of sp³-hybridized carbons (Fsp3) is 0.350. The third-order valence-corrected chi connectivity index (χ3v) is 5.01. The number of amides is 1. The molecular formula is C20H22FN3O3. The summed E-state index contributed by atoms with van der Waals surface area (Å²) in [5, 5.41) is 2.88. The first-order valence-electron chi connectivity index (χ1n) is 8.73. The van der Waals surface area contributed by atoms with Crippen molar-refractivity contribution in [3.8, 4) is 0 Å². The number of likely N-dealkylation sites (tertiary alicyclic amines) is 1. The Labute approximate surface area is 157 Å². The lowest BCUT2D eigenvalue weighted by atomic mass is 9.92. The first-order chi connectivity index (χ1) is 13.0. The van der Waals surface area contributed by atoms with Crippen molar-refractivity contribution in [3.63, 3.8) is 0 Å². The Hall–Kier alpha value is -2.80. The molecule has 0 aliphatic carbocycles. The fourth-order valence-corrected chi connectivity index (χ4v) is 3.64. The predicted molar refractivity (Wildman–Crippen MR) is 96.9 cm³/mol. The molecule has 1 aromatic carbocycles. The Morgan fingerprint density at radius 3 is 2.74 bits per heavy atom. The van der Waals surface area contributed by atoms with Crippen LogP contribution >= 0.6 is 0 Å². The quantitative estimate of drug-likeness (QED) is 0.815. The number of hydrogen-bond acceptors (Lipinski definition) is 5. The van der Waals surface area contributed by atoms with Gasteiger partial charge in [0, 0.05) is 30.5 Å². The van der Waals surface area contributed by atoms with E-state index in [0.29, 0.717) is 12.1 Å². The molecular weight excluding hydrogens is 349 g/mol. The minimum Gasteiger partial charge on any atom is -0.468 e. The van der Waals surface area contributed by atoms with E-state index in [1.54, 1.807) is 48.6 Å². The van der Waals surface area contributed by atoms with Gasteiger partial charge in [-0.1, -0.05) is 24.3 Å². The average Bonchev–Trinajstić information content (AvgIpc) is 3.04. The number of aromatic nitrogens is 1. The van der Waals surface area contributed by atoms with Crippen LogP contribution in [0.3, 0.4) is 0 Å². The Morgan fingerprint density at radius 2 is 2.07 bits per heavy atom. The SMILES string of the molecule is COC(=O)[C@@H]1C[C@H](C(=O)NCc2cccnc2)[C@H](c2ccccc2F)N1C. The van der Waals surface area contributed by atoms with E-state index in [0.717, 1.165) is 5.56 Å². The van der Waals surface area contributed by atoms with E-state index in [-0.39, 0.29) is 12.3 Å². The number of pyridine rings is 1. The van der Waals surface area contributed by atoms with Crippen LogP contribution in [0.1, 0.15) is 23.6 Å². The van der Waals surface area contributed by atoms with Crippen molar-refractivity contribution in [1.82, 2.24) is 15.2 Å². The summed E-state index contributed by atoms with van der Waals surface area (Å²) < 4.78 is 19.3. The van der Waals surface area contributed by atoms with Crippen LogP contribution < -0.4 is 5.32 Å². The molecule has 2 aromatic rings. The van der Waals surface area contributed by atoms with Gasteiger partial charge in [0.2, 0.25) is 5.91 Å². The Morgan fingerprint density at radius 1 is 1.30 bits per heavy atom. The van der Waals surface area contributed by atoms with Crippen LogP contribution in [0.15, 0.2) is 48.8 Å². The molecule has 3 rings (SSSR count). The van der Waals surface area contributed by atoms with Crippen molar-refractivity contribution in [3.05, 3.63) is 65.7 Å². The van der Waals surface area contributed by atoms with Crippen molar-refractivity contribution in [2.24, 2.45) is 5.92 Å². The molecule has 0 unspecified atom stereocenters. The molecule has 1 aliphatic heterocycles. The fourth-order valence-electron chi connectivity index (χ4n) is 3.64. The number of carbonyl (C=O) groups excluding carboxylic acids is 2. The molecule has 1 aliphatic rings. The number of nitrogens with one attached hydrogen (secondary N) is 1. The normalized spacial score (nSPS) is 22.4. The van der Waals surface area contributed by atoms with Crippen LogP contribution in [-0.2, 0) is 20.9 Å². The van der Waals surface area contributed by atoms with Crippen molar-refractivity contribution in [2.45, 2.75) is 25.0 Å². The number of rotatable bonds is 5. The molecule has 2 heterocycles. The van der Waals surface area contributed by atoms with E-state index in [1.165, 1.54) is 13.2 Å². The molecule has 0 radical (unpaired) electrons. The standard InChI is InChI=1S/C20H22FN3O3/c1-24-17(20(26)27-2)10-15(18(24)14-7-3-4-8-16(14)21)19(25)23-12-13-6-5-9-22-11-13/h3-9,11,15,17-18H,10,12H2,1-2H3,(H,23,25)/t15-,17-,18-/m0/s1. The van der Waals surface area contributed by atoms with Crippen molar-refractivity contribution in [1.29, 1.82) is 0 Å². The number of benzene rings is 1. The number of hydrogen-bond donors (Lipinski definition) is 1. The number of ether oxygens (including phenoxy) is 1. The molecule has 1 fully saturated rings. The molecule has 1 saturated heterocycles. The molecule has 6 nitrogen and oxygen atoms in total. The number of carbonyl (C=O) groups is 2. The summed E-state index contributed by atoms with van der Waals surface area (Å²) in [6, 6.07) is 8.83. The van der Waals surface area contributed by atoms with E-state index in [4.69, 9.17) is 4.74 Å². The van der Waals surface area contributed by atoms with Gasteiger partial charge < -0.3 is 10.1 Å². The molecule has 27 heavy (non-hydrogen) atoms. The number of nitrogens with zero attached hydrogens (tertiary/aromatic N) is 2. The Balaban J connectivity index is 1.84. The van der Waals surface area contributed by atoms with Crippen LogP contribution in [0, 0.1) is 11.7 Å². The second-order valence-electron chi connectivity index (χ2n) is 6.59. The molecule has 1 aromatic heterocycles. The zero-order chi connectivity index (χ0) is 19.4. The zero-order valence-electron chi connectivity index (χ0n) is 15.3. The number of halogens is 1. The summed E-state index contributed by atoms with van der Waals surface area (Å²) in [6.45, 7) is 0.319. The lowest BCUT2D eigenvalue weighted by molar-refractivity contribution is -0.145. The highest BCUT2D eigenvalue weighted by atomic mass is 19.1. The Bertz CT molecular complexity index is 815. The maximum Gasteiger partial charge on any atom is 0.323 e. The number of likely N-dealkylation sites (N-methyl/N-ethyl adjacent to an activating group) is 1. The van der Waals surface area contributed by atoms with Crippen LogP contribution in [0.2, 0.25) is 0 Å². The van der Waals surface area contributed by atoms with Gasteiger partial charge in [-0.15, -0.1) is 0 Å². The topological polar surface area (TPSA) is 71.5 Å². The maximum atomic E-state index is 14.4. The molecule has 1 N–H and O–H groups in total. The summed E-state index contributed by atoms with van der Waals surface area (Å²) in [5.74, 6) is -1.63. The van der Waals surface area contributed by atoms with Gasteiger partial charge >= 0.3 is 5.97 Å². The van der Waals surface area contributed by atoms with E-state index >= 15 is 0 Å². The second-order valence-corrected chi connectivity index (χ2v) is 6.59. The highest BCUT2D eigenvalue weighted by molar-refractivity contribution is 5.83. The highest BCUT2D eigenvalue weighted by Gasteiger charge is 2.47. The van der Waals surface area contributed by atoms with Gasteiger partial charge in [0.25, 0.3) is 0 Å². The molecule has 0 spiro atoms. The van der Waals surface area contributed by atoms with E-state index in [1.807, 2.05) is 6.07 Å². The number of esters is 1. The van der Waals surface area contributed by atoms with Gasteiger partial charge in [-0.2, -0.15) is 0 Å². The average molecular weight is 371 g/mol. The molecule has 1 amide bonds. The van der Waals surface area contributed by atoms with Gasteiger partial charge in [0.1, 0.15) is 11.9 Å². The van der Waals surface area contributed by atoms with Crippen molar-refractivity contribution < 1.29 is 18.7 Å². The van der Waals surface area contributed by atoms with E-state index < -0.39 is 29.8 Å². The van der Waals surface area contributed by atoms with E-state index in [9.17, 15) is 14.0 Å². The van der Waals surface area contributed by atoms with Gasteiger partial charge in [0.15, 0.2) is 0 Å². The van der Waals surface area contributed by atoms with Gasteiger partial charge in [-0.3, -0.25) is 19.5 Å². The minimum atomic E-state index is -0.603. The van der Waals surface area contributed by atoms with Gasteiger partial charge in [-0.05, 0) is 31.2 Å². The molecule has 0 saturated carbocycles. The largest absolute Gasteiger partial charge is 0.468 e. The zero-order valence-corrected chi connectivity index (χ0v) is 15.3. The van der Waals surface area contributed by atoms with Crippen LogP contribution in [0.5, 0.6) is 0 Å². The van der Waals surface area contributed by atoms with E-state index in [2.05, 4.69) is 10.3 Å². The summed E-state index contributed by atoms with van der Waals surface area (Å²) in [4.78, 5) is 30.8. The van der Waals surface area contributed by atoms with Crippen LogP contribution in [-0.4, -0.2) is 42.0 Å². The first-order valence-corrected chi connectivity index (χ1v) is 8.73. The lowest BCUT2D eigenvalue weighted by Gasteiger charge is -2.27. The third kappa shape index (κ3) is 3.98. The summed E-state index contributed by atoms with van der Waals surface area (Å²) in [7, 11) is 3.02. The maximum absolute atomic E-state index is 14.4. The minimum absolute atomic E-state index is 0.231. The number of methoxy groups -OCH3 is 1. The highest BCUT2D eigenvalue weighted by Crippen LogP contribution is 2.41. The molecule has 7 heteroatoms. The Kier molecular flexibility index (Phi) is 5.81. The van der Waals surface area contributed by atoms with Gasteiger partial charge in [0.05, 0.1) is 13.0 Å². The predicted octanol–water partition coefficient (Wildman–Crippen LogP) is 2.07. The van der Waals surface area contributed by atoms with Crippen molar-refractivity contribution >= 4 is 11.9 Å². The van der Waals surface area contributed by atoms with Crippen LogP contribution in [0.25, 0.3) is 0 Å².